The van der Waals surface area contributed by atoms with Gasteiger partial charge in [-0.2, -0.15) is 5.10 Å². The summed E-state index contributed by atoms with van der Waals surface area (Å²) in [6.45, 7) is 3.25. The van der Waals surface area contributed by atoms with Crippen LogP contribution in [-0.2, 0) is 4.74 Å². The lowest BCUT2D eigenvalue weighted by Crippen LogP contribution is -2.15. The molecule has 0 saturated carbocycles. The molecular formula is C20H17BrN2O3. The topological polar surface area (TPSA) is 61.2 Å². The van der Waals surface area contributed by atoms with Crippen LogP contribution in [0.5, 0.6) is 0 Å². The summed E-state index contributed by atoms with van der Waals surface area (Å²) in [6, 6.07) is 16.4. The van der Waals surface area contributed by atoms with Crippen LogP contribution in [0.1, 0.15) is 32.1 Å². The second kappa shape index (κ2) is 7.66. The van der Waals surface area contributed by atoms with E-state index in [2.05, 4.69) is 21.0 Å². The number of Topliss-reactive ketones (excluding diaryl/α,β-unsaturated/α-hetero) is 1. The average molecular weight is 413 g/mol. The Morgan fingerprint density at radius 1 is 1.04 bits per heavy atom. The predicted octanol–water partition coefficient (Wildman–Crippen LogP) is 4.29. The van der Waals surface area contributed by atoms with Crippen molar-refractivity contribution in [3.63, 3.8) is 0 Å². The summed E-state index contributed by atoms with van der Waals surface area (Å²) in [4.78, 5) is 24.7. The van der Waals surface area contributed by atoms with Crippen molar-refractivity contribution in [1.82, 2.24) is 9.78 Å². The number of ketones is 1. The van der Waals surface area contributed by atoms with E-state index in [4.69, 9.17) is 4.74 Å². The first-order valence-electron chi connectivity index (χ1n) is 8.05. The van der Waals surface area contributed by atoms with Crippen molar-refractivity contribution in [2.75, 3.05) is 6.61 Å². The molecule has 0 aliphatic rings. The predicted molar refractivity (Wildman–Crippen MR) is 102 cm³/mol. The summed E-state index contributed by atoms with van der Waals surface area (Å²) in [7, 11) is 0. The second-order valence-corrected chi connectivity index (χ2v) is 6.72. The standard InChI is InChI=1S/C20H17BrN2O3/c1-13-19(14(2)23(22-13)17-6-4-3-5-7-17)20(25)26-12-18(24)15-8-10-16(21)11-9-15/h3-11H,12H2,1-2H3. The minimum absolute atomic E-state index is 0.253. The number of hydrogen-bond acceptors (Lipinski definition) is 4. The molecule has 0 amide bonds. The van der Waals surface area contributed by atoms with Gasteiger partial charge in [-0.1, -0.05) is 46.3 Å². The Morgan fingerprint density at radius 3 is 2.35 bits per heavy atom. The van der Waals surface area contributed by atoms with Crippen molar-refractivity contribution in [3.05, 3.63) is 81.6 Å². The molecule has 0 bridgehead atoms. The molecule has 6 heteroatoms. The van der Waals surface area contributed by atoms with Gasteiger partial charge in [0, 0.05) is 10.0 Å². The van der Waals surface area contributed by atoms with Crippen molar-refractivity contribution in [2.45, 2.75) is 13.8 Å². The highest BCUT2D eigenvalue weighted by molar-refractivity contribution is 9.10. The highest BCUT2D eigenvalue weighted by Gasteiger charge is 2.21. The molecule has 2 aromatic carbocycles. The molecule has 3 aromatic rings. The van der Waals surface area contributed by atoms with Crippen LogP contribution in [0.4, 0.5) is 0 Å². The number of ether oxygens (including phenoxy) is 1. The average Bonchev–Trinajstić information content (AvgIpc) is 2.95. The van der Waals surface area contributed by atoms with E-state index in [0.29, 0.717) is 22.5 Å². The fourth-order valence-electron chi connectivity index (χ4n) is 2.68. The number of esters is 1. The number of carbonyl (C=O) groups excluding carboxylic acids is 2. The molecule has 132 valence electrons. The van der Waals surface area contributed by atoms with Crippen LogP contribution in [0.15, 0.2) is 59.1 Å². The lowest BCUT2D eigenvalue weighted by atomic mass is 10.1. The third kappa shape index (κ3) is 3.75. The summed E-state index contributed by atoms with van der Waals surface area (Å²) >= 11 is 3.32. The Labute approximate surface area is 159 Å². The Balaban J connectivity index is 1.75. The number of aromatic nitrogens is 2. The zero-order chi connectivity index (χ0) is 18.7. The molecule has 1 aromatic heterocycles. The van der Waals surface area contributed by atoms with Gasteiger partial charge >= 0.3 is 5.97 Å². The number of benzene rings is 2. The van der Waals surface area contributed by atoms with Gasteiger partial charge in [-0.25, -0.2) is 9.48 Å². The van der Waals surface area contributed by atoms with Gasteiger partial charge < -0.3 is 4.74 Å². The Kier molecular flexibility index (Phi) is 5.32. The van der Waals surface area contributed by atoms with Crippen LogP contribution in [0.3, 0.4) is 0 Å². The monoisotopic (exact) mass is 412 g/mol. The Hall–Kier alpha value is -2.73. The molecule has 0 spiro atoms. The van der Waals surface area contributed by atoms with Crippen LogP contribution in [0.25, 0.3) is 5.69 Å². The minimum atomic E-state index is -0.548. The molecule has 3 rings (SSSR count). The lowest BCUT2D eigenvalue weighted by molar-refractivity contribution is 0.0473. The van der Waals surface area contributed by atoms with E-state index >= 15 is 0 Å². The van der Waals surface area contributed by atoms with Crippen LogP contribution < -0.4 is 0 Å². The largest absolute Gasteiger partial charge is 0.454 e. The number of para-hydroxylation sites is 1. The van der Waals surface area contributed by atoms with Crippen LogP contribution in [0, 0.1) is 13.8 Å². The van der Waals surface area contributed by atoms with E-state index < -0.39 is 5.97 Å². The SMILES string of the molecule is Cc1nn(-c2ccccc2)c(C)c1C(=O)OCC(=O)c1ccc(Br)cc1. The van der Waals surface area contributed by atoms with Gasteiger partial charge in [-0.15, -0.1) is 0 Å². The quantitative estimate of drug-likeness (QED) is 0.463. The maximum Gasteiger partial charge on any atom is 0.342 e. The molecule has 0 aliphatic heterocycles. The van der Waals surface area contributed by atoms with Crippen LogP contribution >= 0.6 is 15.9 Å². The first kappa shape index (κ1) is 18.1. The van der Waals surface area contributed by atoms with Crippen LogP contribution in [-0.4, -0.2) is 28.1 Å². The summed E-state index contributed by atoms with van der Waals surface area (Å²) in [5.41, 5.74) is 2.98. The third-order valence-corrected chi connectivity index (χ3v) is 4.53. The van der Waals surface area contributed by atoms with Gasteiger partial charge in [-0.3, -0.25) is 4.79 Å². The normalized spacial score (nSPS) is 10.6. The van der Waals surface area contributed by atoms with Crippen molar-refractivity contribution >= 4 is 27.7 Å². The summed E-state index contributed by atoms with van der Waals surface area (Å²) in [5, 5.41) is 4.42. The molecule has 0 N–H and O–H groups in total. The molecule has 0 fully saturated rings. The first-order chi connectivity index (χ1) is 12.5. The van der Waals surface area contributed by atoms with E-state index in [-0.39, 0.29) is 12.4 Å². The molecule has 1 heterocycles. The van der Waals surface area contributed by atoms with Crippen molar-refractivity contribution < 1.29 is 14.3 Å². The number of halogens is 1. The fraction of sp³-hybridized carbons (Fsp3) is 0.150. The zero-order valence-electron chi connectivity index (χ0n) is 14.4. The number of rotatable bonds is 5. The first-order valence-corrected chi connectivity index (χ1v) is 8.84. The van der Waals surface area contributed by atoms with Gasteiger partial charge in [0.25, 0.3) is 0 Å². The Morgan fingerprint density at radius 2 is 1.69 bits per heavy atom. The van der Waals surface area contributed by atoms with E-state index in [1.165, 1.54) is 0 Å². The molecule has 0 aliphatic carbocycles. The fourth-order valence-corrected chi connectivity index (χ4v) is 2.95. The van der Waals surface area contributed by atoms with Gasteiger partial charge in [-0.05, 0) is 38.1 Å². The molecule has 0 saturated heterocycles. The van der Waals surface area contributed by atoms with E-state index in [1.54, 1.807) is 42.8 Å². The number of nitrogens with zero attached hydrogens (tertiary/aromatic N) is 2. The molecule has 5 nitrogen and oxygen atoms in total. The molecule has 0 atom stereocenters. The van der Waals surface area contributed by atoms with Crippen molar-refractivity contribution in [1.29, 1.82) is 0 Å². The highest BCUT2D eigenvalue weighted by Crippen LogP contribution is 2.19. The smallest absolute Gasteiger partial charge is 0.342 e. The van der Waals surface area contributed by atoms with E-state index in [0.717, 1.165) is 10.2 Å². The minimum Gasteiger partial charge on any atom is -0.454 e. The third-order valence-electron chi connectivity index (χ3n) is 4.00. The summed E-state index contributed by atoms with van der Waals surface area (Å²) in [5.74, 6) is -0.802. The molecule has 26 heavy (non-hydrogen) atoms. The zero-order valence-corrected chi connectivity index (χ0v) is 16.0. The summed E-state index contributed by atoms with van der Waals surface area (Å²) in [6.07, 6.45) is 0. The Bertz CT molecular complexity index is 947. The van der Waals surface area contributed by atoms with Crippen LogP contribution in [0.2, 0.25) is 0 Å². The number of carbonyl (C=O) groups is 2. The second-order valence-electron chi connectivity index (χ2n) is 5.80. The molecule has 0 unspecified atom stereocenters. The lowest BCUT2D eigenvalue weighted by Gasteiger charge is -2.06. The molecular weight excluding hydrogens is 396 g/mol. The van der Waals surface area contributed by atoms with E-state index in [9.17, 15) is 9.59 Å². The number of hydrogen-bond donors (Lipinski definition) is 0. The van der Waals surface area contributed by atoms with Gasteiger partial charge in [0.1, 0.15) is 5.56 Å². The maximum atomic E-state index is 12.5. The van der Waals surface area contributed by atoms with Crippen molar-refractivity contribution in [2.24, 2.45) is 0 Å². The maximum absolute atomic E-state index is 12.5. The molecule has 0 radical (unpaired) electrons. The number of aryl methyl sites for hydroxylation is 1. The van der Waals surface area contributed by atoms with Gasteiger partial charge in [0.2, 0.25) is 0 Å². The van der Waals surface area contributed by atoms with Gasteiger partial charge in [0.05, 0.1) is 17.1 Å². The van der Waals surface area contributed by atoms with Gasteiger partial charge in [0.15, 0.2) is 12.4 Å². The highest BCUT2D eigenvalue weighted by atomic mass is 79.9. The summed E-state index contributed by atoms with van der Waals surface area (Å²) < 4.78 is 7.81. The van der Waals surface area contributed by atoms with Crippen molar-refractivity contribution in [3.8, 4) is 5.69 Å². The van der Waals surface area contributed by atoms with E-state index in [1.807, 2.05) is 30.3 Å².